The molecule has 5 rings (SSSR count). The lowest BCUT2D eigenvalue weighted by Crippen LogP contribution is -2.35. The van der Waals surface area contributed by atoms with E-state index in [2.05, 4.69) is 14.9 Å². The van der Waals surface area contributed by atoms with Crippen LogP contribution in [0.4, 0.5) is 0 Å². The van der Waals surface area contributed by atoms with E-state index in [0.29, 0.717) is 22.7 Å². The van der Waals surface area contributed by atoms with Gasteiger partial charge in [0.25, 0.3) is 0 Å². The van der Waals surface area contributed by atoms with Crippen molar-refractivity contribution in [1.82, 2.24) is 14.9 Å². The lowest BCUT2D eigenvalue weighted by atomic mass is 9.99. The van der Waals surface area contributed by atoms with Crippen LogP contribution in [0.1, 0.15) is 21.5 Å². The Balaban J connectivity index is 1.35. The van der Waals surface area contributed by atoms with Crippen LogP contribution >= 0.6 is 0 Å². The highest BCUT2D eigenvalue weighted by Crippen LogP contribution is 2.26. The molecule has 0 bridgehead atoms. The van der Waals surface area contributed by atoms with Gasteiger partial charge in [0.2, 0.25) is 5.89 Å². The van der Waals surface area contributed by atoms with Gasteiger partial charge < -0.3 is 13.9 Å². The summed E-state index contributed by atoms with van der Waals surface area (Å²) in [5.41, 5.74) is 4.62. The minimum atomic E-state index is 0.0530. The van der Waals surface area contributed by atoms with Crippen LogP contribution in [0.25, 0.3) is 22.7 Å². The number of pyridine rings is 1. The van der Waals surface area contributed by atoms with Crippen LogP contribution in [0.15, 0.2) is 65.2 Å². The van der Waals surface area contributed by atoms with Crippen LogP contribution in [0.2, 0.25) is 0 Å². The van der Waals surface area contributed by atoms with Gasteiger partial charge in [-0.15, -0.1) is 0 Å². The molecular formula is C26H25N3O4. The van der Waals surface area contributed by atoms with E-state index in [0.717, 1.165) is 55.3 Å². The van der Waals surface area contributed by atoms with Gasteiger partial charge in [0, 0.05) is 48.9 Å². The highest BCUT2D eigenvalue weighted by Gasteiger charge is 2.17. The molecular weight excluding hydrogens is 418 g/mol. The molecule has 1 saturated heterocycles. The summed E-state index contributed by atoms with van der Waals surface area (Å²) in [5.74, 6) is 1.34. The molecule has 33 heavy (non-hydrogen) atoms. The van der Waals surface area contributed by atoms with Gasteiger partial charge in [-0.05, 0) is 48.0 Å². The number of fused-ring (bicyclic) bond motifs is 1. The molecule has 7 nitrogen and oxygen atoms in total. The fourth-order valence-electron chi connectivity index (χ4n) is 4.07. The van der Waals surface area contributed by atoms with E-state index in [1.54, 1.807) is 13.3 Å². The van der Waals surface area contributed by atoms with E-state index in [-0.39, 0.29) is 12.2 Å². The first-order valence-corrected chi connectivity index (χ1v) is 11.0. The van der Waals surface area contributed by atoms with Crippen molar-refractivity contribution < 1.29 is 18.7 Å². The summed E-state index contributed by atoms with van der Waals surface area (Å²) in [4.78, 5) is 24.1. The van der Waals surface area contributed by atoms with Crippen LogP contribution in [0.5, 0.6) is 5.75 Å². The third kappa shape index (κ3) is 4.79. The second-order valence-electron chi connectivity index (χ2n) is 8.06. The van der Waals surface area contributed by atoms with Crippen molar-refractivity contribution in [3.63, 3.8) is 0 Å². The predicted molar refractivity (Wildman–Crippen MR) is 124 cm³/mol. The smallest absolute Gasteiger partial charge is 0.228 e. The first-order valence-electron chi connectivity index (χ1n) is 11.0. The molecule has 2 aromatic heterocycles. The van der Waals surface area contributed by atoms with Gasteiger partial charge in [0.15, 0.2) is 17.0 Å². The number of carbonyl (C=O) groups is 1. The zero-order valence-corrected chi connectivity index (χ0v) is 18.5. The maximum atomic E-state index is 13.1. The second-order valence-corrected chi connectivity index (χ2v) is 8.06. The number of nitrogens with zero attached hydrogens (tertiary/aromatic N) is 3. The lowest BCUT2D eigenvalue weighted by molar-refractivity contribution is 0.0338. The normalized spacial score (nSPS) is 14.5. The SMILES string of the molecule is COc1ccc(C(=O)Cc2cccc(-c3nc4ncccc4o3)c2)cc1CN1CCOCC1. The summed E-state index contributed by atoms with van der Waals surface area (Å²) in [5, 5.41) is 0. The van der Waals surface area contributed by atoms with Gasteiger partial charge >= 0.3 is 0 Å². The van der Waals surface area contributed by atoms with E-state index in [1.165, 1.54) is 0 Å². The number of ketones is 1. The van der Waals surface area contributed by atoms with Crippen LogP contribution in [0.3, 0.4) is 0 Å². The third-order valence-electron chi connectivity index (χ3n) is 5.80. The van der Waals surface area contributed by atoms with Gasteiger partial charge in [0.05, 0.1) is 20.3 Å². The number of oxazole rings is 1. The Bertz CT molecular complexity index is 1240. The Morgan fingerprint density at radius 2 is 1.97 bits per heavy atom. The van der Waals surface area contributed by atoms with Crippen molar-refractivity contribution in [1.29, 1.82) is 0 Å². The summed E-state index contributed by atoms with van der Waals surface area (Å²) >= 11 is 0. The fraction of sp³-hybridized carbons (Fsp3) is 0.269. The number of Topliss-reactive ketones (excluding diaryl/α,β-unsaturated/α-hetero) is 1. The molecule has 0 atom stereocenters. The zero-order valence-electron chi connectivity index (χ0n) is 18.5. The number of aromatic nitrogens is 2. The first kappa shape index (κ1) is 21.3. The Kier molecular flexibility index (Phi) is 6.15. The monoisotopic (exact) mass is 443 g/mol. The maximum absolute atomic E-state index is 13.1. The van der Waals surface area contributed by atoms with Gasteiger partial charge in [0.1, 0.15) is 5.75 Å². The van der Waals surface area contributed by atoms with E-state index in [1.807, 2.05) is 54.6 Å². The number of benzene rings is 2. The number of ether oxygens (including phenoxy) is 2. The molecule has 3 heterocycles. The largest absolute Gasteiger partial charge is 0.496 e. The highest BCUT2D eigenvalue weighted by atomic mass is 16.5. The number of carbonyl (C=O) groups excluding carboxylic acids is 1. The number of hydrogen-bond donors (Lipinski definition) is 0. The van der Waals surface area contributed by atoms with E-state index in [9.17, 15) is 4.79 Å². The van der Waals surface area contributed by atoms with E-state index >= 15 is 0 Å². The van der Waals surface area contributed by atoms with Gasteiger partial charge in [-0.2, -0.15) is 4.98 Å². The molecule has 0 aliphatic carbocycles. The fourth-order valence-corrected chi connectivity index (χ4v) is 4.07. The number of hydrogen-bond acceptors (Lipinski definition) is 7. The molecule has 1 fully saturated rings. The lowest BCUT2D eigenvalue weighted by Gasteiger charge is -2.27. The van der Waals surface area contributed by atoms with Gasteiger partial charge in [-0.25, -0.2) is 4.98 Å². The van der Waals surface area contributed by atoms with Crippen molar-refractivity contribution in [3.05, 3.63) is 77.5 Å². The Labute approximate surface area is 192 Å². The van der Waals surface area contributed by atoms with Gasteiger partial charge in [-0.3, -0.25) is 9.69 Å². The Morgan fingerprint density at radius 1 is 1.09 bits per heavy atom. The number of rotatable bonds is 7. The summed E-state index contributed by atoms with van der Waals surface area (Å²) in [6, 6.07) is 17.0. The minimum absolute atomic E-state index is 0.0530. The summed E-state index contributed by atoms with van der Waals surface area (Å²) in [6.45, 7) is 3.94. The third-order valence-corrected chi connectivity index (χ3v) is 5.80. The molecule has 0 spiro atoms. The summed E-state index contributed by atoms with van der Waals surface area (Å²) in [7, 11) is 1.66. The molecule has 0 saturated carbocycles. The average Bonchev–Trinajstić information content (AvgIpc) is 3.29. The van der Waals surface area contributed by atoms with Crippen molar-refractivity contribution in [2.24, 2.45) is 0 Å². The minimum Gasteiger partial charge on any atom is -0.496 e. The molecule has 0 unspecified atom stereocenters. The van der Waals surface area contributed by atoms with Crippen molar-refractivity contribution in [2.75, 3.05) is 33.4 Å². The topological polar surface area (TPSA) is 77.7 Å². The van der Waals surface area contributed by atoms with E-state index in [4.69, 9.17) is 13.9 Å². The molecule has 4 aromatic rings. The number of methoxy groups -OCH3 is 1. The predicted octanol–water partition coefficient (Wildman–Crippen LogP) is 4.16. The molecule has 1 aliphatic heterocycles. The van der Waals surface area contributed by atoms with Crippen LogP contribution in [0, 0.1) is 0 Å². The molecule has 0 amide bonds. The molecule has 0 radical (unpaired) electrons. The molecule has 7 heteroatoms. The van der Waals surface area contributed by atoms with Crippen LogP contribution < -0.4 is 4.74 Å². The quantitative estimate of drug-likeness (QED) is 0.397. The highest BCUT2D eigenvalue weighted by molar-refractivity contribution is 5.98. The zero-order chi connectivity index (χ0) is 22.6. The van der Waals surface area contributed by atoms with E-state index < -0.39 is 0 Å². The molecule has 1 aliphatic rings. The number of morpholine rings is 1. The average molecular weight is 444 g/mol. The van der Waals surface area contributed by atoms with Gasteiger partial charge in [-0.1, -0.05) is 12.1 Å². The molecule has 168 valence electrons. The Hall–Kier alpha value is -3.55. The van der Waals surface area contributed by atoms with Crippen molar-refractivity contribution in [3.8, 4) is 17.2 Å². The van der Waals surface area contributed by atoms with Crippen molar-refractivity contribution in [2.45, 2.75) is 13.0 Å². The molecule has 2 aromatic carbocycles. The summed E-state index contributed by atoms with van der Waals surface area (Å²) < 4.78 is 16.8. The standard InChI is InChI=1S/C26H25N3O4/c1-31-23-8-7-19(16-21(23)17-29-10-12-32-13-11-29)22(30)15-18-4-2-5-20(14-18)26-28-25-24(33-26)6-3-9-27-25/h2-9,14,16H,10-13,15,17H2,1H3. The van der Waals surface area contributed by atoms with Crippen LogP contribution in [-0.4, -0.2) is 54.1 Å². The second kappa shape index (κ2) is 9.52. The first-order chi connectivity index (χ1) is 16.2. The Morgan fingerprint density at radius 3 is 2.79 bits per heavy atom. The maximum Gasteiger partial charge on any atom is 0.228 e. The molecule has 0 N–H and O–H groups in total. The van der Waals surface area contributed by atoms with Crippen LogP contribution in [-0.2, 0) is 17.7 Å². The summed E-state index contributed by atoms with van der Waals surface area (Å²) in [6.07, 6.45) is 1.97. The van der Waals surface area contributed by atoms with Crippen molar-refractivity contribution >= 4 is 17.0 Å².